The zero-order valence-corrected chi connectivity index (χ0v) is 11.9. The van der Waals surface area contributed by atoms with Gasteiger partial charge in [0, 0.05) is 28.3 Å². The summed E-state index contributed by atoms with van der Waals surface area (Å²) in [4.78, 5) is 10.4. The first-order valence-corrected chi connectivity index (χ1v) is 7.17. The zero-order chi connectivity index (χ0) is 14.0. The highest BCUT2D eigenvalue weighted by molar-refractivity contribution is 7.12. The molecule has 3 rings (SSSR count). The van der Waals surface area contributed by atoms with Crippen LogP contribution >= 0.6 is 11.3 Å². The van der Waals surface area contributed by atoms with Gasteiger partial charge in [-0.2, -0.15) is 0 Å². The van der Waals surface area contributed by atoms with E-state index in [1.807, 2.05) is 48.0 Å². The molecule has 1 unspecified atom stereocenters. The normalized spacial score (nSPS) is 14.1. The summed E-state index contributed by atoms with van der Waals surface area (Å²) in [6.45, 7) is 2.42. The van der Waals surface area contributed by atoms with Crippen LogP contribution in [-0.2, 0) is 12.1 Å². The highest BCUT2D eigenvalue weighted by Gasteiger charge is 2.34. The fourth-order valence-corrected chi connectivity index (χ4v) is 3.15. The van der Waals surface area contributed by atoms with E-state index in [1.165, 1.54) is 4.88 Å². The third-order valence-electron chi connectivity index (χ3n) is 3.21. The Labute approximate surface area is 121 Å². The van der Waals surface area contributed by atoms with Crippen LogP contribution in [0.4, 0.5) is 0 Å². The second-order valence-electron chi connectivity index (χ2n) is 4.72. The average Bonchev–Trinajstić information content (AvgIpc) is 3.11. The number of pyridine rings is 1. The van der Waals surface area contributed by atoms with Crippen LogP contribution in [0.15, 0.2) is 55.2 Å². The molecule has 0 aliphatic carbocycles. The van der Waals surface area contributed by atoms with E-state index in [0.29, 0.717) is 12.2 Å². The molecular formula is C15H15N3OS. The Kier molecular flexibility index (Phi) is 3.38. The molecule has 1 N–H and O–H groups in total. The predicted molar refractivity (Wildman–Crippen MR) is 78.5 cm³/mol. The monoisotopic (exact) mass is 285 g/mol. The van der Waals surface area contributed by atoms with Gasteiger partial charge in [-0.3, -0.25) is 4.98 Å². The first-order chi connectivity index (χ1) is 9.68. The molecule has 0 aliphatic rings. The number of nitrogens with zero attached hydrogens (tertiary/aromatic N) is 3. The van der Waals surface area contributed by atoms with Gasteiger partial charge in [-0.1, -0.05) is 6.07 Å². The SMILES string of the molecule is Cc1ccc(C(O)(Cn2ccnc2)c2ccccn2)s1. The highest BCUT2D eigenvalue weighted by Crippen LogP contribution is 2.34. The maximum Gasteiger partial charge on any atom is 0.158 e. The molecule has 0 fully saturated rings. The van der Waals surface area contributed by atoms with E-state index >= 15 is 0 Å². The summed E-state index contributed by atoms with van der Waals surface area (Å²) in [6.07, 6.45) is 6.95. The molecule has 0 saturated carbocycles. The lowest BCUT2D eigenvalue weighted by molar-refractivity contribution is 0.0604. The van der Waals surface area contributed by atoms with Crippen molar-refractivity contribution in [3.8, 4) is 0 Å². The molecule has 0 bridgehead atoms. The minimum absolute atomic E-state index is 0.393. The van der Waals surface area contributed by atoms with Crippen molar-refractivity contribution in [2.75, 3.05) is 0 Å². The summed E-state index contributed by atoms with van der Waals surface area (Å²) in [5.41, 5.74) is -0.489. The summed E-state index contributed by atoms with van der Waals surface area (Å²) in [5, 5.41) is 11.2. The van der Waals surface area contributed by atoms with Crippen LogP contribution in [0.1, 0.15) is 15.4 Å². The second kappa shape index (κ2) is 5.19. The Morgan fingerprint density at radius 2 is 2.15 bits per heavy atom. The summed E-state index contributed by atoms with van der Waals surface area (Å²) in [5.74, 6) is 0. The minimum atomic E-state index is -1.14. The first-order valence-electron chi connectivity index (χ1n) is 6.35. The van der Waals surface area contributed by atoms with E-state index in [4.69, 9.17) is 0 Å². The molecule has 0 saturated heterocycles. The number of rotatable bonds is 4. The highest BCUT2D eigenvalue weighted by atomic mass is 32.1. The van der Waals surface area contributed by atoms with Crippen molar-refractivity contribution in [3.05, 3.63) is 70.7 Å². The van der Waals surface area contributed by atoms with Gasteiger partial charge in [0.1, 0.15) is 0 Å². The van der Waals surface area contributed by atoms with E-state index in [0.717, 1.165) is 4.88 Å². The molecule has 5 heteroatoms. The number of hydrogen-bond acceptors (Lipinski definition) is 4. The van der Waals surface area contributed by atoms with Crippen molar-refractivity contribution in [1.29, 1.82) is 0 Å². The second-order valence-corrected chi connectivity index (χ2v) is 6.01. The lowest BCUT2D eigenvalue weighted by atomic mass is 9.96. The van der Waals surface area contributed by atoms with E-state index in [9.17, 15) is 5.11 Å². The van der Waals surface area contributed by atoms with Crippen LogP contribution in [0.3, 0.4) is 0 Å². The lowest BCUT2D eigenvalue weighted by Crippen LogP contribution is -2.32. The summed E-state index contributed by atoms with van der Waals surface area (Å²) < 4.78 is 1.86. The van der Waals surface area contributed by atoms with Crippen LogP contribution in [0.5, 0.6) is 0 Å². The van der Waals surface area contributed by atoms with Crippen molar-refractivity contribution in [2.24, 2.45) is 0 Å². The van der Waals surface area contributed by atoms with Gasteiger partial charge < -0.3 is 9.67 Å². The number of thiophene rings is 1. The molecule has 0 spiro atoms. The summed E-state index contributed by atoms with van der Waals surface area (Å²) >= 11 is 1.59. The summed E-state index contributed by atoms with van der Waals surface area (Å²) in [6, 6.07) is 9.57. The van der Waals surface area contributed by atoms with Crippen molar-refractivity contribution in [2.45, 2.75) is 19.1 Å². The molecule has 0 radical (unpaired) electrons. The van der Waals surface area contributed by atoms with Crippen LogP contribution in [0.25, 0.3) is 0 Å². The average molecular weight is 285 g/mol. The fraction of sp³-hybridized carbons (Fsp3) is 0.200. The molecule has 3 aromatic rings. The van der Waals surface area contributed by atoms with Gasteiger partial charge in [0.2, 0.25) is 0 Å². The molecular weight excluding hydrogens is 270 g/mol. The molecule has 3 aromatic heterocycles. The van der Waals surface area contributed by atoms with E-state index in [2.05, 4.69) is 9.97 Å². The molecule has 0 aliphatic heterocycles. The van der Waals surface area contributed by atoms with E-state index in [1.54, 1.807) is 30.1 Å². The van der Waals surface area contributed by atoms with Gasteiger partial charge in [-0.25, -0.2) is 4.98 Å². The number of imidazole rings is 1. The van der Waals surface area contributed by atoms with Crippen molar-refractivity contribution < 1.29 is 5.11 Å². The fourth-order valence-electron chi connectivity index (χ4n) is 2.19. The Balaban J connectivity index is 2.07. The lowest BCUT2D eigenvalue weighted by Gasteiger charge is -2.27. The van der Waals surface area contributed by atoms with Crippen LogP contribution in [0.2, 0.25) is 0 Å². The standard InChI is InChI=1S/C15H15N3OS/c1-12-5-6-14(20-12)15(19,10-18-9-8-16-11-18)13-4-2-3-7-17-13/h2-9,11,19H,10H2,1H3. The Morgan fingerprint density at radius 3 is 2.75 bits per heavy atom. The number of aromatic nitrogens is 3. The van der Waals surface area contributed by atoms with Gasteiger partial charge in [-0.05, 0) is 31.2 Å². The molecule has 1 atom stereocenters. The first kappa shape index (κ1) is 13.0. The molecule has 20 heavy (non-hydrogen) atoms. The molecule has 0 aromatic carbocycles. The summed E-state index contributed by atoms with van der Waals surface area (Å²) in [7, 11) is 0. The van der Waals surface area contributed by atoms with Crippen molar-refractivity contribution in [3.63, 3.8) is 0 Å². The third-order valence-corrected chi connectivity index (χ3v) is 4.36. The smallest absolute Gasteiger partial charge is 0.158 e. The molecule has 102 valence electrons. The number of aryl methyl sites for hydroxylation is 1. The third kappa shape index (κ3) is 2.37. The minimum Gasteiger partial charge on any atom is -0.376 e. The maximum absolute atomic E-state index is 11.2. The zero-order valence-electron chi connectivity index (χ0n) is 11.1. The predicted octanol–water partition coefficient (Wildman–Crippen LogP) is 2.58. The number of aliphatic hydroxyl groups is 1. The maximum atomic E-state index is 11.2. The van der Waals surface area contributed by atoms with Gasteiger partial charge >= 0.3 is 0 Å². The van der Waals surface area contributed by atoms with Gasteiger partial charge in [-0.15, -0.1) is 11.3 Å². The Bertz CT molecular complexity index is 678. The largest absolute Gasteiger partial charge is 0.376 e. The molecule has 3 heterocycles. The quantitative estimate of drug-likeness (QED) is 0.801. The Hall–Kier alpha value is -1.98. The topological polar surface area (TPSA) is 50.9 Å². The van der Waals surface area contributed by atoms with E-state index < -0.39 is 5.60 Å². The van der Waals surface area contributed by atoms with Crippen LogP contribution < -0.4 is 0 Å². The van der Waals surface area contributed by atoms with Crippen molar-refractivity contribution in [1.82, 2.24) is 14.5 Å². The van der Waals surface area contributed by atoms with Gasteiger partial charge in [0.25, 0.3) is 0 Å². The molecule has 4 nitrogen and oxygen atoms in total. The van der Waals surface area contributed by atoms with Crippen LogP contribution in [0, 0.1) is 6.92 Å². The van der Waals surface area contributed by atoms with Gasteiger partial charge in [0.15, 0.2) is 5.60 Å². The molecule has 0 amide bonds. The Morgan fingerprint density at radius 1 is 1.25 bits per heavy atom. The number of hydrogen-bond donors (Lipinski definition) is 1. The van der Waals surface area contributed by atoms with Crippen molar-refractivity contribution >= 4 is 11.3 Å². The van der Waals surface area contributed by atoms with Gasteiger partial charge in [0.05, 0.1) is 18.6 Å². The van der Waals surface area contributed by atoms with E-state index in [-0.39, 0.29) is 0 Å². The van der Waals surface area contributed by atoms with Crippen LogP contribution in [-0.4, -0.2) is 19.6 Å².